The highest BCUT2D eigenvalue weighted by molar-refractivity contribution is 5.47. The van der Waals surface area contributed by atoms with Gasteiger partial charge in [-0.25, -0.2) is 0 Å². The zero-order valence-corrected chi connectivity index (χ0v) is 17.5. The van der Waals surface area contributed by atoms with Crippen molar-refractivity contribution in [3.05, 3.63) is 23.3 Å². The molecule has 0 amide bonds. The quantitative estimate of drug-likeness (QED) is 0.307. The molecule has 2 N–H and O–H groups in total. The highest BCUT2D eigenvalue weighted by atomic mass is 16.3. The SMILES string of the molecule is CCC(C)(C)CCCCCc1cc(O)c(O)c(CCCCC2(C)CC2)c1. The molecule has 1 aliphatic carbocycles. The van der Waals surface area contributed by atoms with Gasteiger partial charge in [-0.2, -0.15) is 0 Å². The first-order valence-corrected chi connectivity index (χ1v) is 10.8. The van der Waals surface area contributed by atoms with Crippen molar-refractivity contribution in [3.63, 3.8) is 0 Å². The third-order valence-corrected chi connectivity index (χ3v) is 6.58. The Morgan fingerprint density at radius 1 is 0.962 bits per heavy atom. The van der Waals surface area contributed by atoms with Crippen molar-refractivity contribution in [2.24, 2.45) is 10.8 Å². The third-order valence-electron chi connectivity index (χ3n) is 6.58. The van der Waals surface area contributed by atoms with Crippen molar-refractivity contribution >= 4 is 0 Å². The van der Waals surface area contributed by atoms with Gasteiger partial charge in [-0.1, -0.05) is 59.4 Å². The average Bonchev–Trinajstić information content (AvgIpc) is 3.33. The predicted octanol–water partition coefficient (Wildman–Crippen LogP) is 7.15. The van der Waals surface area contributed by atoms with Crippen LogP contribution in [0.1, 0.15) is 103 Å². The molecule has 0 radical (unpaired) electrons. The van der Waals surface area contributed by atoms with Gasteiger partial charge in [0.25, 0.3) is 0 Å². The molecule has 1 saturated carbocycles. The molecule has 148 valence electrons. The summed E-state index contributed by atoms with van der Waals surface area (Å²) in [5.74, 6) is 0.148. The molecule has 1 aromatic rings. The zero-order valence-electron chi connectivity index (χ0n) is 17.5. The molecule has 0 saturated heterocycles. The van der Waals surface area contributed by atoms with Crippen LogP contribution in [0.3, 0.4) is 0 Å². The van der Waals surface area contributed by atoms with Gasteiger partial charge in [-0.3, -0.25) is 0 Å². The molecule has 0 aliphatic heterocycles. The molecule has 2 heteroatoms. The zero-order chi connectivity index (χ0) is 19.2. The van der Waals surface area contributed by atoms with E-state index in [1.807, 2.05) is 0 Å². The molecule has 1 fully saturated rings. The summed E-state index contributed by atoms with van der Waals surface area (Å²) < 4.78 is 0. The van der Waals surface area contributed by atoms with E-state index in [1.165, 1.54) is 56.9 Å². The van der Waals surface area contributed by atoms with Crippen molar-refractivity contribution < 1.29 is 10.2 Å². The van der Waals surface area contributed by atoms with Crippen LogP contribution in [0.25, 0.3) is 0 Å². The van der Waals surface area contributed by atoms with Crippen LogP contribution in [0, 0.1) is 10.8 Å². The minimum atomic E-state index is 0.0544. The molecule has 26 heavy (non-hydrogen) atoms. The van der Waals surface area contributed by atoms with Crippen molar-refractivity contribution in [1.29, 1.82) is 0 Å². The number of aromatic hydroxyl groups is 2. The topological polar surface area (TPSA) is 40.5 Å². The molecule has 2 rings (SSSR count). The van der Waals surface area contributed by atoms with E-state index in [0.29, 0.717) is 10.8 Å². The molecule has 0 aromatic heterocycles. The largest absolute Gasteiger partial charge is 0.504 e. The van der Waals surface area contributed by atoms with Crippen LogP contribution >= 0.6 is 0 Å². The van der Waals surface area contributed by atoms with E-state index in [9.17, 15) is 10.2 Å². The highest BCUT2D eigenvalue weighted by Gasteiger charge is 2.35. The number of unbranched alkanes of at least 4 members (excludes halogenated alkanes) is 3. The summed E-state index contributed by atoms with van der Waals surface area (Å²) in [7, 11) is 0. The predicted molar refractivity (Wildman–Crippen MR) is 111 cm³/mol. The van der Waals surface area contributed by atoms with Crippen molar-refractivity contribution in [2.45, 2.75) is 105 Å². The standard InChI is InChI=1S/C24H40O2/c1-5-23(2,3)13-9-6-7-11-19-17-20(22(26)21(25)18-19)12-8-10-14-24(4)15-16-24/h17-18,25-26H,5-16H2,1-4H3. The lowest BCUT2D eigenvalue weighted by Gasteiger charge is -2.22. The summed E-state index contributed by atoms with van der Waals surface area (Å²) in [4.78, 5) is 0. The van der Waals surface area contributed by atoms with Gasteiger partial charge in [0.15, 0.2) is 11.5 Å². The summed E-state index contributed by atoms with van der Waals surface area (Å²) >= 11 is 0. The minimum Gasteiger partial charge on any atom is -0.504 e. The fourth-order valence-corrected chi connectivity index (χ4v) is 3.69. The monoisotopic (exact) mass is 360 g/mol. The highest BCUT2D eigenvalue weighted by Crippen LogP contribution is 2.49. The average molecular weight is 361 g/mol. The van der Waals surface area contributed by atoms with Gasteiger partial charge in [-0.15, -0.1) is 0 Å². The Morgan fingerprint density at radius 3 is 2.31 bits per heavy atom. The van der Waals surface area contributed by atoms with E-state index in [-0.39, 0.29) is 11.5 Å². The van der Waals surface area contributed by atoms with E-state index in [4.69, 9.17) is 0 Å². The normalized spacial score (nSPS) is 16.0. The Labute approximate surface area is 161 Å². The number of aryl methyl sites for hydroxylation is 2. The first kappa shape index (κ1) is 21.1. The maximum absolute atomic E-state index is 10.2. The van der Waals surface area contributed by atoms with Crippen LogP contribution in [0.2, 0.25) is 0 Å². The van der Waals surface area contributed by atoms with Gasteiger partial charge in [0.1, 0.15) is 0 Å². The second kappa shape index (κ2) is 9.15. The minimum absolute atomic E-state index is 0.0544. The van der Waals surface area contributed by atoms with Gasteiger partial charge >= 0.3 is 0 Å². The first-order chi connectivity index (χ1) is 12.2. The van der Waals surface area contributed by atoms with Gasteiger partial charge in [0.05, 0.1) is 0 Å². The third kappa shape index (κ3) is 6.85. The Kier molecular flexibility index (Phi) is 7.43. The van der Waals surface area contributed by atoms with E-state index < -0.39 is 0 Å². The van der Waals surface area contributed by atoms with Crippen LogP contribution in [0.15, 0.2) is 12.1 Å². The van der Waals surface area contributed by atoms with E-state index >= 15 is 0 Å². The summed E-state index contributed by atoms with van der Waals surface area (Å²) in [6, 6.07) is 3.87. The summed E-state index contributed by atoms with van der Waals surface area (Å²) in [5.41, 5.74) is 3.16. The smallest absolute Gasteiger partial charge is 0.160 e. The van der Waals surface area contributed by atoms with Crippen molar-refractivity contribution in [2.75, 3.05) is 0 Å². The maximum atomic E-state index is 10.2. The van der Waals surface area contributed by atoms with Gasteiger partial charge in [0, 0.05) is 0 Å². The Hall–Kier alpha value is -1.18. The van der Waals surface area contributed by atoms with E-state index in [0.717, 1.165) is 31.2 Å². The maximum Gasteiger partial charge on any atom is 0.160 e. The molecule has 0 spiro atoms. The van der Waals surface area contributed by atoms with Crippen LogP contribution in [-0.2, 0) is 12.8 Å². The lowest BCUT2D eigenvalue weighted by molar-refractivity contribution is 0.308. The summed E-state index contributed by atoms with van der Waals surface area (Å²) in [6.07, 6.45) is 14.4. The number of phenols is 2. The fraction of sp³-hybridized carbons (Fsp3) is 0.750. The molecular formula is C24H40O2. The lowest BCUT2D eigenvalue weighted by atomic mass is 9.84. The Bertz CT molecular complexity index is 570. The van der Waals surface area contributed by atoms with Crippen molar-refractivity contribution in [3.8, 4) is 11.5 Å². The van der Waals surface area contributed by atoms with Crippen molar-refractivity contribution in [1.82, 2.24) is 0 Å². The number of phenolic OH excluding ortho intramolecular Hbond substituents is 2. The summed E-state index contributed by atoms with van der Waals surface area (Å²) in [6.45, 7) is 9.34. The molecule has 2 nitrogen and oxygen atoms in total. The Morgan fingerprint density at radius 2 is 1.65 bits per heavy atom. The van der Waals surface area contributed by atoms with Crippen LogP contribution in [-0.4, -0.2) is 10.2 Å². The molecular weight excluding hydrogens is 320 g/mol. The van der Waals surface area contributed by atoms with Gasteiger partial charge < -0.3 is 10.2 Å². The van der Waals surface area contributed by atoms with Gasteiger partial charge in [-0.05, 0) is 79.4 Å². The molecule has 0 heterocycles. The second-order valence-corrected chi connectivity index (χ2v) is 9.72. The van der Waals surface area contributed by atoms with Gasteiger partial charge in [0.2, 0.25) is 0 Å². The first-order valence-electron chi connectivity index (χ1n) is 10.8. The lowest BCUT2D eigenvalue weighted by Crippen LogP contribution is -2.08. The number of benzene rings is 1. The number of rotatable bonds is 12. The molecule has 1 aromatic carbocycles. The van der Waals surface area contributed by atoms with Crippen LogP contribution in [0.5, 0.6) is 11.5 Å². The summed E-state index contributed by atoms with van der Waals surface area (Å²) in [5, 5.41) is 20.2. The van der Waals surface area contributed by atoms with Crippen LogP contribution in [0.4, 0.5) is 0 Å². The molecule has 0 atom stereocenters. The number of hydrogen-bond acceptors (Lipinski definition) is 2. The Balaban J connectivity index is 1.76. The van der Waals surface area contributed by atoms with Crippen LogP contribution < -0.4 is 0 Å². The second-order valence-electron chi connectivity index (χ2n) is 9.72. The molecule has 0 bridgehead atoms. The van der Waals surface area contributed by atoms with E-state index in [2.05, 4.69) is 33.8 Å². The fourth-order valence-electron chi connectivity index (χ4n) is 3.69. The molecule has 1 aliphatic rings. The molecule has 0 unspecified atom stereocenters. The number of hydrogen-bond donors (Lipinski definition) is 2. The van der Waals surface area contributed by atoms with E-state index in [1.54, 1.807) is 6.07 Å².